The zero-order valence-electron chi connectivity index (χ0n) is 11.9. The molecule has 2 heterocycles. The molecule has 2 N–H and O–H groups in total. The van der Waals surface area contributed by atoms with Crippen LogP contribution in [0.25, 0.3) is 0 Å². The molecule has 8 heteroatoms. The number of likely N-dealkylation sites (tertiary alicyclic amines) is 1. The number of piperidine rings is 1. The van der Waals surface area contributed by atoms with Gasteiger partial charge in [-0.1, -0.05) is 6.92 Å². The predicted molar refractivity (Wildman–Crippen MR) is 81.4 cm³/mol. The lowest BCUT2D eigenvalue weighted by Crippen LogP contribution is -2.44. The zero-order valence-corrected chi connectivity index (χ0v) is 13.5. The zero-order chi connectivity index (χ0) is 15.5. The summed E-state index contributed by atoms with van der Waals surface area (Å²) in [7, 11) is -3.76. The number of rotatable bonds is 6. The normalized spacial score (nSPS) is 18.0. The number of hydrogen-bond acceptors (Lipinski definition) is 5. The van der Waals surface area contributed by atoms with E-state index in [2.05, 4.69) is 16.5 Å². The monoisotopic (exact) mass is 332 g/mol. The summed E-state index contributed by atoms with van der Waals surface area (Å²) < 4.78 is 27.3. The van der Waals surface area contributed by atoms with Crippen LogP contribution in [0.15, 0.2) is 16.3 Å². The van der Waals surface area contributed by atoms with Crippen LogP contribution in [0.2, 0.25) is 0 Å². The Hall–Kier alpha value is -0.960. The third kappa shape index (κ3) is 4.03. The first-order valence-corrected chi connectivity index (χ1v) is 9.35. The van der Waals surface area contributed by atoms with Crippen molar-refractivity contribution in [2.24, 2.45) is 0 Å². The molecule has 2 rings (SSSR count). The largest absolute Gasteiger partial charge is 0.477 e. The topological polar surface area (TPSA) is 86.7 Å². The van der Waals surface area contributed by atoms with Crippen molar-refractivity contribution >= 4 is 27.3 Å². The third-order valence-corrected chi connectivity index (χ3v) is 6.16. The van der Waals surface area contributed by atoms with E-state index in [0.29, 0.717) is 0 Å². The first-order chi connectivity index (χ1) is 9.94. The number of carboxylic acid groups (broad SMARTS) is 1. The number of hydrogen-bond donors (Lipinski definition) is 2. The molecule has 118 valence electrons. The van der Waals surface area contributed by atoms with Crippen molar-refractivity contribution in [3.05, 3.63) is 16.3 Å². The molecule has 0 atom stereocenters. The van der Waals surface area contributed by atoms with Gasteiger partial charge in [0.15, 0.2) is 0 Å². The van der Waals surface area contributed by atoms with E-state index in [1.807, 2.05) is 0 Å². The molecule has 1 aliphatic rings. The molecule has 0 spiro atoms. The summed E-state index contributed by atoms with van der Waals surface area (Å²) in [5, 5.41) is 10.5. The Labute approximate surface area is 128 Å². The summed E-state index contributed by atoms with van der Waals surface area (Å²) in [6.07, 6.45) is 2.60. The van der Waals surface area contributed by atoms with Crippen LogP contribution in [0.1, 0.15) is 35.9 Å². The van der Waals surface area contributed by atoms with E-state index in [1.165, 1.54) is 11.4 Å². The molecule has 0 aromatic carbocycles. The second-order valence-electron chi connectivity index (χ2n) is 5.16. The molecule has 1 fully saturated rings. The molecule has 1 aliphatic heterocycles. The molecule has 1 aromatic rings. The quantitative estimate of drug-likeness (QED) is 0.826. The molecule has 0 radical (unpaired) electrons. The minimum absolute atomic E-state index is 0.121. The van der Waals surface area contributed by atoms with Crippen LogP contribution < -0.4 is 4.72 Å². The van der Waals surface area contributed by atoms with Gasteiger partial charge in [-0.25, -0.2) is 17.9 Å². The molecule has 6 nitrogen and oxygen atoms in total. The van der Waals surface area contributed by atoms with Crippen molar-refractivity contribution in [3.63, 3.8) is 0 Å². The van der Waals surface area contributed by atoms with Crippen molar-refractivity contribution in [3.8, 4) is 0 Å². The maximum absolute atomic E-state index is 12.3. The molecule has 0 bridgehead atoms. The summed E-state index contributed by atoms with van der Waals surface area (Å²) >= 11 is 0.927. The number of thiophene rings is 1. The van der Waals surface area contributed by atoms with E-state index in [9.17, 15) is 13.2 Å². The molecular formula is C13H20N2O4S2. The molecule has 1 aromatic heterocycles. The third-order valence-electron chi connectivity index (χ3n) is 3.56. The first-order valence-electron chi connectivity index (χ1n) is 6.99. The first kappa shape index (κ1) is 16.4. The van der Waals surface area contributed by atoms with Crippen molar-refractivity contribution in [2.45, 2.75) is 37.1 Å². The molecule has 1 saturated heterocycles. The van der Waals surface area contributed by atoms with Crippen LogP contribution in [-0.4, -0.2) is 50.1 Å². The van der Waals surface area contributed by atoms with E-state index in [0.717, 1.165) is 50.2 Å². The summed E-state index contributed by atoms with van der Waals surface area (Å²) in [6.45, 7) is 4.90. The molecule has 0 amide bonds. The minimum atomic E-state index is -3.76. The van der Waals surface area contributed by atoms with Crippen LogP contribution in [0, 0.1) is 0 Å². The van der Waals surface area contributed by atoms with Gasteiger partial charge in [-0.2, -0.15) is 0 Å². The van der Waals surface area contributed by atoms with Crippen LogP contribution in [0.5, 0.6) is 0 Å². The second-order valence-corrected chi connectivity index (χ2v) is 7.75. The Morgan fingerprint density at radius 3 is 2.71 bits per heavy atom. The predicted octanol–water partition coefficient (Wildman–Crippen LogP) is 1.60. The molecular weight excluding hydrogens is 312 g/mol. The number of sulfonamides is 1. The van der Waals surface area contributed by atoms with E-state index < -0.39 is 16.0 Å². The summed E-state index contributed by atoms with van der Waals surface area (Å²) in [5.74, 6) is -1.21. The minimum Gasteiger partial charge on any atom is -0.477 e. The highest BCUT2D eigenvalue weighted by molar-refractivity contribution is 7.89. The Kier molecular flexibility index (Phi) is 5.37. The van der Waals surface area contributed by atoms with Crippen LogP contribution in [0.4, 0.5) is 0 Å². The van der Waals surface area contributed by atoms with Crippen molar-refractivity contribution in [2.75, 3.05) is 19.6 Å². The van der Waals surface area contributed by atoms with Gasteiger partial charge in [-0.3, -0.25) is 0 Å². The van der Waals surface area contributed by atoms with Gasteiger partial charge in [-0.15, -0.1) is 11.3 Å². The number of carboxylic acids is 1. The average Bonchev–Trinajstić information content (AvgIpc) is 2.91. The molecule has 0 unspecified atom stereocenters. The summed E-state index contributed by atoms with van der Waals surface area (Å²) in [6, 6.07) is 1.23. The van der Waals surface area contributed by atoms with Gasteiger partial charge in [-0.05, 0) is 50.3 Å². The van der Waals surface area contributed by atoms with Gasteiger partial charge in [0, 0.05) is 6.04 Å². The second kappa shape index (κ2) is 6.87. The lowest BCUT2D eigenvalue weighted by atomic mass is 10.1. The highest BCUT2D eigenvalue weighted by Crippen LogP contribution is 2.23. The lowest BCUT2D eigenvalue weighted by molar-refractivity contribution is 0.0698. The standard InChI is InChI=1S/C13H20N2O4S2/c1-2-6-15-7-3-10(4-8-15)14-21(18,19)11-5-9-20-12(11)13(16)17/h5,9-10,14H,2-4,6-8H2,1H3,(H,16,17). The van der Waals surface area contributed by atoms with Crippen molar-refractivity contribution < 1.29 is 18.3 Å². The van der Waals surface area contributed by atoms with Crippen LogP contribution in [0.3, 0.4) is 0 Å². The Bertz CT molecular complexity index is 589. The Balaban J connectivity index is 2.02. The van der Waals surface area contributed by atoms with Crippen LogP contribution in [-0.2, 0) is 10.0 Å². The van der Waals surface area contributed by atoms with E-state index in [4.69, 9.17) is 5.11 Å². The fraction of sp³-hybridized carbons (Fsp3) is 0.615. The fourth-order valence-corrected chi connectivity index (χ4v) is 5.10. The smallest absolute Gasteiger partial charge is 0.347 e. The summed E-state index contributed by atoms with van der Waals surface area (Å²) in [4.78, 5) is 13.1. The van der Waals surface area contributed by atoms with E-state index in [1.54, 1.807) is 0 Å². The summed E-state index contributed by atoms with van der Waals surface area (Å²) in [5.41, 5.74) is 0. The number of carbonyl (C=O) groups is 1. The maximum Gasteiger partial charge on any atom is 0.347 e. The SMILES string of the molecule is CCCN1CCC(NS(=O)(=O)c2ccsc2C(=O)O)CC1. The highest BCUT2D eigenvalue weighted by Gasteiger charge is 2.28. The average molecular weight is 332 g/mol. The van der Waals surface area contributed by atoms with Gasteiger partial charge in [0.1, 0.15) is 9.77 Å². The van der Waals surface area contributed by atoms with Gasteiger partial charge in [0.2, 0.25) is 10.0 Å². The lowest BCUT2D eigenvalue weighted by Gasteiger charge is -2.31. The van der Waals surface area contributed by atoms with Gasteiger partial charge >= 0.3 is 5.97 Å². The maximum atomic E-state index is 12.3. The van der Waals surface area contributed by atoms with Gasteiger partial charge in [0.25, 0.3) is 0 Å². The molecule has 0 aliphatic carbocycles. The van der Waals surface area contributed by atoms with Crippen molar-refractivity contribution in [1.29, 1.82) is 0 Å². The van der Waals surface area contributed by atoms with E-state index in [-0.39, 0.29) is 15.8 Å². The Morgan fingerprint density at radius 2 is 2.14 bits per heavy atom. The highest BCUT2D eigenvalue weighted by atomic mass is 32.2. The number of aromatic carboxylic acids is 1. The van der Waals surface area contributed by atoms with E-state index >= 15 is 0 Å². The fourth-order valence-electron chi connectivity index (χ4n) is 2.54. The number of nitrogens with one attached hydrogen (secondary N) is 1. The van der Waals surface area contributed by atoms with Crippen LogP contribution >= 0.6 is 11.3 Å². The molecule has 0 saturated carbocycles. The molecule has 21 heavy (non-hydrogen) atoms. The Morgan fingerprint density at radius 1 is 1.48 bits per heavy atom. The van der Waals surface area contributed by atoms with Gasteiger partial charge in [0.05, 0.1) is 0 Å². The van der Waals surface area contributed by atoms with Gasteiger partial charge < -0.3 is 10.0 Å². The van der Waals surface area contributed by atoms with Crippen molar-refractivity contribution in [1.82, 2.24) is 9.62 Å². The number of nitrogens with zero attached hydrogens (tertiary/aromatic N) is 1.